The fraction of sp³-hybridized carbons (Fsp3) is 0.214. The Labute approximate surface area is 115 Å². The van der Waals surface area contributed by atoms with Crippen molar-refractivity contribution in [2.24, 2.45) is 0 Å². The summed E-state index contributed by atoms with van der Waals surface area (Å²) >= 11 is 1.53. The van der Waals surface area contributed by atoms with Gasteiger partial charge in [0, 0.05) is 18.0 Å². The predicted octanol–water partition coefficient (Wildman–Crippen LogP) is 2.27. The van der Waals surface area contributed by atoms with Crippen LogP contribution in [0.2, 0.25) is 0 Å². The smallest absolute Gasteiger partial charge is 0.335 e. The highest BCUT2D eigenvalue weighted by Gasteiger charge is 2.07. The molecule has 1 aromatic carbocycles. The van der Waals surface area contributed by atoms with Crippen molar-refractivity contribution < 1.29 is 15.0 Å². The molecular weight excluding hydrogens is 262 g/mol. The summed E-state index contributed by atoms with van der Waals surface area (Å²) in [5, 5.41) is 23.7. The fourth-order valence-corrected chi connectivity index (χ4v) is 2.41. The molecule has 0 bridgehead atoms. The first-order valence-electron chi connectivity index (χ1n) is 5.91. The van der Waals surface area contributed by atoms with Gasteiger partial charge in [-0.2, -0.15) is 0 Å². The van der Waals surface area contributed by atoms with Crippen molar-refractivity contribution in [1.82, 2.24) is 5.32 Å². The SMILES string of the molecule is O=C(O)c1ccc(CNCC(O)c2cccs2)cc1. The van der Waals surface area contributed by atoms with Crippen LogP contribution >= 0.6 is 11.3 Å². The third-order valence-corrected chi connectivity index (χ3v) is 3.71. The van der Waals surface area contributed by atoms with E-state index in [0.717, 1.165) is 10.4 Å². The summed E-state index contributed by atoms with van der Waals surface area (Å²) in [7, 11) is 0. The molecule has 1 aromatic heterocycles. The Morgan fingerprint density at radius 1 is 1.26 bits per heavy atom. The van der Waals surface area contributed by atoms with Gasteiger partial charge in [0.15, 0.2) is 0 Å². The molecule has 4 nitrogen and oxygen atoms in total. The molecule has 100 valence electrons. The second-order valence-electron chi connectivity index (χ2n) is 4.16. The number of rotatable bonds is 6. The Hall–Kier alpha value is -1.69. The van der Waals surface area contributed by atoms with Crippen LogP contribution in [0.15, 0.2) is 41.8 Å². The molecule has 0 radical (unpaired) electrons. The maximum absolute atomic E-state index is 10.7. The van der Waals surface area contributed by atoms with Gasteiger partial charge in [0.1, 0.15) is 6.10 Å². The molecule has 0 saturated heterocycles. The number of aliphatic hydroxyl groups is 1. The topological polar surface area (TPSA) is 69.6 Å². The van der Waals surface area contributed by atoms with Crippen LogP contribution in [0, 0.1) is 0 Å². The Balaban J connectivity index is 1.81. The average Bonchev–Trinajstić information content (AvgIpc) is 2.93. The summed E-state index contributed by atoms with van der Waals surface area (Å²) in [5.74, 6) is -0.923. The van der Waals surface area contributed by atoms with Gasteiger partial charge in [-0.25, -0.2) is 4.79 Å². The van der Waals surface area contributed by atoms with Gasteiger partial charge < -0.3 is 15.5 Å². The predicted molar refractivity (Wildman–Crippen MR) is 74.4 cm³/mol. The first kappa shape index (κ1) is 13.7. The molecule has 0 aliphatic rings. The first-order valence-corrected chi connectivity index (χ1v) is 6.79. The van der Waals surface area contributed by atoms with E-state index < -0.39 is 12.1 Å². The number of carboxylic acids is 1. The highest BCUT2D eigenvalue weighted by Crippen LogP contribution is 2.17. The molecule has 0 spiro atoms. The van der Waals surface area contributed by atoms with Crippen molar-refractivity contribution in [1.29, 1.82) is 0 Å². The Kier molecular flexibility index (Phi) is 4.68. The van der Waals surface area contributed by atoms with E-state index in [1.165, 1.54) is 11.3 Å². The molecule has 1 unspecified atom stereocenters. The number of hydrogen-bond donors (Lipinski definition) is 3. The van der Waals surface area contributed by atoms with Gasteiger partial charge in [-0.15, -0.1) is 11.3 Å². The Morgan fingerprint density at radius 3 is 2.58 bits per heavy atom. The molecule has 1 atom stereocenters. The van der Waals surface area contributed by atoms with E-state index in [2.05, 4.69) is 5.32 Å². The Bertz CT molecular complexity index is 522. The minimum absolute atomic E-state index is 0.280. The van der Waals surface area contributed by atoms with Crippen LogP contribution in [0.3, 0.4) is 0 Å². The lowest BCUT2D eigenvalue weighted by Crippen LogP contribution is -2.20. The largest absolute Gasteiger partial charge is 0.478 e. The monoisotopic (exact) mass is 277 g/mol. The summed E-state index contributed by atoms with van der Waals surface area (Å²) in [6.45, 7) is 1.07. The summed E-state index contributed by atoms with van der Waals surface area (Å²) in [4.78, 5) is 11.6. The molecule has 0 saturated carbocycles. The van der Waals surface area contributed by atoms with Crippen molar-refractivity contribution in [3.8, 4) is 0 Å². The van der Waals surface area contributed by atoms with Crippen LogP contribution in [0.4, 0.5) is 0 Å². The molecular formula is C14H15NO3S. The van der Waals surface area contributed by atoms with E-state index in [9.17, 15) is 9.90 Å². The van der Waals surface area contributed by atoms with Crippen molar-refractivity contribution >= 4 is 17.3 Å². The van der Waals surface area contributed by atoms with Crippen LogP contribution in [0.25, 0.3) is 0 Å². The number of benzene rings is 1. The van der Waals surface area contributed by atoms with Crippen LogP contribution in [-0.2, 0) is 6.54 Å². The van der Waals surface area contributed by atoms with Crippen LogP contribution in [-0.4, -0.2) is 22.7 Å². The van der Waals surface area contributed by atoms with Gasteiger partial charge in [0.2, 0.25) is 0 Å². The highest BCUT2D eigenvalue weighted by molar-refractivity contribution is 7.10. The van der Waals surface area contributed by atoms with Crippen LogP contribution in [0.1, 0.15) is 26.9 Å². The third-order valence-electron chi connectivity index (χ3n) is 2.74. The number of thiophene rings is 1. The van der Waals surface area contributed by atoms with Gasteiger partial charge in [-0.3, -0.25) is 0 Å². The van der Waals surface area contributed by atoms with Crippen molar-refractivity contribution in [3.05, 3.63) is 57.8 Å². The molecule has 5 heteroatoms. The second kappa shape index (κ2) is 6.47. The van der Waals surface area contributed by atoms with E-state index in [-0.39, 0.29) is 5.56 Å². The number of nitrogens with one attached hydrogen (secondary N) is 1. The molecule has 2 aromatic rings. The van der Waals surface area contributed by atoms with Gasteiger partial charge in [-0.1, -0.05) is 18.2 Å². The van der Waals surface area contributed by atoms with Crippen molar-refractivity contribution in [2.75, 3.05) is 6.54 Å². The quantitative estimate of drug-likeness (QED) is 0.757. The molecule has 3 N–H and O–H groups in total. The Morgan fingerprint density at radius 2 is 2.00 bits per heavy atom. The van der Waals surface area contributed by atoms with Gasteiger partial charge in [-0.05, 0) is 29.1 Å². The molecule has 0 fully saturated rings. The lowest BCUT2D eigenvalue weighted by atomic mass is 10.1. The zero-order chi connectivity index (χ0) is 13.7. The minimum atomic E-state index is -0.923. The van der Waals surface area contributed by atoms with Gasteiger partial charge >= 0.3 is 5.97 Å². The molecule has 0 aliphatic carbocycles. The lowest BCUT2D eigenvalue weighted by Gasteiger charge is -2.10. The average molecular weight is 277 g/mol. The third kappa shape index (κ3) is 3.89. The summed E-state index contributed by atoms with van der Waals surface area (Å²) in [6.07, 6.45) is -0.502. The van der Waals surface area contributed by atoms with E-state index in [0.29, 0.717) is 13.1 Å². The summed E-state index contributed by atoms with van der Waals surface area (Å²) < 4.78 is 0. The summed E-state index contributed by atoms with van der Waals surface area (Å²) in [5.41, 5.74) is 1.27. The molecule has 1 heterocycles. The maximum atomic E-state index is 10.7. The number of hydrogen-bond acceptors (Lipinski definition) is 4. The van der Waals surface area contributed by atoms with Gasteiger partial charge in [0.05, 0.1) is 5.56 Å². The normalized spacial score (nSPS) is 12.3. The lowest BCUT2D eigenvalue weighted by molar-refractivity contribution is 0.0697. The van der Waals surface area contributed by atoms with Gasteiger partial charge in [0.25, 0.3) is 0 Å². The minimum Gasteiger partial charge on any atom is -0.478 e. The highest BCUT2D eigenvalue weighted by atomic mass is 32.1. The van der Waals surface area contributed by atoms with Crippen molar-refractivity contribution in [3.63, 3.8) is 0 Å². The second-order valence-corrected chi connectivity index (χ2v) is 5.14. The first-order chi connectivity index (χ1) is 9.16. The molecule has 2 rings (SSSR count). The maximum Gasteiger partial charge on any atom is 0.335 e. The van der Waals surface area contributed by atoms with E-state index in [4.69, 9.17) is 5.11 Å². The zero-order valence-electron chi connectivity index (χ0n) is 10.2. The van der Waals surface area contributed by atoms with Crippen LogP contribution in [0.5, 0.6) is 0 Å². The number of carbonyl (C=O) groups is 1. The molecule has 0 amide bonds. The number of aliphatic hydroxyl groups excluding tert-OH is 1. The molecule has 0 aliphatic heterocycles. The standard InChI is InChI=1S/C14H15NO3S/c16-12(13-2-1-7-19-13)9-15-8-10-3-5-11(6-4-10)14(17)18/h1-7,12,15-16H,8-9H2,(H,17,18). The molecule has 19 heavy (non-hydrogen) atoms. The van der Waals surface area contributed by atoms with E-state index in [1.54, 1.807) is 24.3 Å². The van der Waals surface area contributed by atoms with E-state index >= 15 is 0 Å². The summed E-state index contributed by atoms with van der Waals surface area (Å²) in [6, 6.07) is 10.5. The fourth-order valence-electron chi connectivity index (χ4n) is 1.70. The zero-order valence-corrected chi connectivity index (χ0v) is 11.1. The van der Waals surface area contributed by atoms with Crippen LogP contribution < -0.4 is 5.32 Å². The number of aromatic carboxylic acids is 1. The number of carboxylic acid groups (broad SMARTS) is 1. The van der Waals surface area contributed by atoms with Crippen molar-refractivity contribution in [2.45, 2.75) is 12.6 Å². The van der Waals surface area contributed by atoms with E-state index in [1.807, 2.05) is 17.5 Å².